The molecule has 15 heteroatoms. The van der Waals surface area contributed by atoms with Crippen LogP contribution in [0.15, 0.2) is 25.2 Å². The summed E-state index contributed by atoms with van der Waals surface area (Å²) in [6.07, 6.45) is 5.59. The number of nitrogens with zero attached hydrogens (tertiary/aromatic N) is 3. The van der Waals surface area contributed by atoms with Gasteiger partial charge in [-0.1, -0.05) is 9.15 Å². The van der Waals surface area contributed by atoms with E-state index in [4.69, 9.17) is 0 Å². The maximum atomic E-state index is 11.4. The van der Waals surface area contributed by atoms with Gasteiger partial charge in [0, 0.05) is 0 Å². The third-order valence-electron chi connectivity index (χ3n) is 1.97. The summed E-state index contributed by atoms with van der Waals surface area (Å²) in [4.78, 5) is 0. The van der Waals surface area contributed by atoms with Crippen molar-refractivity contribution < 1.29 is 52.3 Å². The summed E-state index contributed by atoms with van der Waals surface area (Å²) in [5.74, 6) is 0. The lowest BCUT2D eigenvalue weighted by atomic mass is 10.7. The van der Waals surface area contributed by atoms with E-state index in [-0.39, 0.29) is 0 Å². The lowest BCUT2D eigenvalue weighted by molar-refractivity contribution is -0.458. The number of rotatable bonds is 4. The van der Waals surface area contributed by atoms with Gasteiger partial charge in [-0.15, -0.1) is 0 Å². The Kier molecular flexibility index (Phi) is 6.93. The van der Waals surface area contributed by atoms with Crippen molar-refractivity contribution in [3.63, 3.8) is 0 Å². The number of hydrogen-bond donors (Lipinski definition) is 0. The summed E-state index contributed by atoms with van der Waals surface area (Å²) in [6, 6.07) is 3.03. The van der Waals surface area contributed by atoms with Crippen LogP contribution >= 0.6 is 0 Å². The largest absolute Gasteiger partial charge is 0.494 e. The summed E-state index contributed by atoms with van der Waals surface area (Å²) < 4.78 is 113. The Morgan fingerprint density at radius 1 is 1.04 bits per heavy atom. The van der Waals surface area contributed by atoms with Crippen LogP contribution < -0.4 is 0 Å². The first-order chi connectivity index (χ1) is 10.6. The topological polar surface area (TPSA) is 88.4 Å². The molecule has 0 spiro atoms. The molecule has 0 aromatic rings. The summed E-state index contributed by atoms with van der Waals surface area (Å²) in [5.41, 5.74) is -12.4. The summed E-state index contributed by atoms with van der Waals surface area (Å²) in [6.45, 7) is 6.63. The molecule has 1 rings (SSSR count). The first-order valence-electron chi connectivity index (χ1n) is 5.56. The van der Waals surface area contributed by atoms with E-state index in [9.17, 15) is 43.2 Å². The van der Waals surface area contributed by atoms with Gasteiger partial charge in [-0.3, -0.25) is 0 Å². The second-order valence-electron chi connectivity index (χ2n) is 3.69. The van der Waals surface area contributed by atoms with Gasteiger partial charge in [0.25, 0.3) is 6.20 Å². The minimum Gasteiger partial charge on any atom is -0.421 e. The van der Waals surface area contributed by atoms with Crippen molar-refractivity contribution in [2.45, 2.75) is 17.9 Å². The zero-order valence-electron chi connectivity index (χ0n) is 11.7. The van der Waals surface area contributed by atoms with E-state index in [2.05, 4.69) is 19.5 Å². The summed E-state index contributed by atoms with van der Waals surface area (Å²) >= 11 is 0. The molecule has 1 aliphatic rings. The molecule has 0 saturated heterocycles. The van der Waals surface area contributed by atoms with E-state index in [0.29, 0.717) is 0 Å². The minimum atomic E-state index is -6.72. The standard InChI is InChI=1S/C7H10N2.C2F6NO4S2/c1-3-8-5-6-9(4-2)7-8;3-1(4,5)14(10,11)9-15(12,13)2(6,7)8/h3,5-6H,1,4H2,2H3;/q+2;-1. The monoisotopic (exact) mass is 402 g/mol. The molecule has 0 atom stereocenters. The zero-order chi connectivity index (χ0) is 19.4. The van der Waals surface area contributed by atoms with Crippen LogP contribution in [0.1, 0.15) is 6.92 Å². The highest BCUT2D eigenvalue weighted by Gasteiger charge is 2.46. The van der Waals surface area contributed by atoms with Crippen LogP contribution in [-0.4, -0.2) is 49.6 Å². The van der Waals surface area contributed by atoms with Crippen LogP contribution in [0.4, 0.5) is 26.3 Å². The smallest absolute Gasteiger partial charge is 0.421 e. The van der Waals surface area contributed by atoms with Crippen LogP contribution in [-0.2, 0) is 20.0 Å². The minimum absolute atomic E-state index is 0.778. The van der Waals surface area contributed by atoms with E-state index >= 15 is 0 Å². The molecule has 1 aliphatic heterocycles. The van der Waals surface area contributed by atoms with E-state index in [0.717, 1.165) is 10.7 Å². The fourth-order valence-corrected chi connectivity index (χ4v) is 2.57. The Morgan fingerprint density at radius 2 is 1.46 bits per heavy atom. The number of alkyl halides is 6. The van der Waals surface area contributed by atoms with Gasteiger partial charge < -0.3 is 4.13 Å². The average molecular weight is 402 g/mol. The molecule has 0 aromatic heterocycles. The van der Waals surface area contributed by atoms with E-state index < -0.39 is 31.1 Å². The maximum Gasteiger partial charge on any atom is 0.494 e. The molecule has 0 radical (unpaired) electrons. The fraction of sp³-hybridized carbons (Fsp3) is 0.444. The molecule has 7 nitrogen and oxygen atoms in total. The molecule has 0 aromatic carbocycles. The van der Waals surface area contributed by atoms with Crippen LogP contribution in [0.3, 0.4) is 0 Å². The predicted molar refractivity (Wildman–Crippen MR) is 68.7 cm³/mol. The Balaban J connectivity index is 0.000000496. The lowest BCUT2D eigenvalue weighted by Crippen LogP contribution is -2.30. The van der Waals surface area contributed by atoms with Crippen LogP contribution in [0.5, 0.6) is 0 Å². The third-order valence-corrected chi connectivity index (χ3v) is 4.71. The van der Waals surface area contributed by atoms with Crippen molar-refractivity contribution in [1.29, 1.82) is 0 Å². The van der Waals surface area contributed by atoms with Crippen molar-refractivity contribution >= 4 is 26.1 Å². The molecule has 138 valence electrons. The van der Waals surface area contributed by atoms with Crippen LogP contribution in [0.25, 0.3) is 4.13 Å². The van der Waals surface area contributed by atoms with E-state index in [1.54, 1.807) is 10.8 Å². The second kappa shape index (κ2) is 7.46. The Morgan fingerprint density at radius 3 is 1.67 bits per heavy atom. The quantitative estimate of drug-likeness (QED) is 0.531. The van der Waals surface area contributed by atoms with Gasteiger partial charge in [-0.05, 0) is 13.5 Å². The van der Waals surface area contributed by atoms with Gasteiger partial charge in [-0.25, -0.2) is 16.8 Å². The Bertz CT molecular complexity index is 744. The van der Waals surface area contributed by atoms with Crippen molar-refractivity contribution in [2.24, 2.45) is 0 Å². The highest BCUT2D eigenvalue weighted by molar-refractivity contribution is 8.13. The molecule has 1 heterocycles. The molecule has 0 N–H and O–H groups in total. The Labute approximate surface area is 133 Å². The fourth-order valence-electron chi connectivity index (χ4n) is 0.859. The van der Waals surface area contributed by atoms with E-state index in [1.165, 1.54) is 0 Å². The zero-order valence-corrected chi connectivity index (χ0v) is 13.3. The van der Waals surface area contributed by atoms with Gasteiger partial charge in [0.15, 0.2) is 32.8 Å². The summed E-state index contributed by atoms with van der Waals surface area (Å²) in [5, 5.41) is 0. The van der Waals surface area contributed by atoms with Crippen LogP contribution in [0, 0.1) is 0 Å². The van der Waals surface area contributed by atoms with Crippen LogP contribution in [0.2, 0.25) is 0 Å². The van der Waals surface area contributed by atoms with Gasteiger partial charge in [0.05, 0.1) is 0 Å². The van der Waals surface area contributed by atoms with Crippen molar-refractivity contribution in [3.8, 4) is 0 Å². The Hall–Kier alpha value is -1.70. The molecule has 0 aliphatic carbocycles. The predicted octanol–water partition coefficient (Wildman–Crippen LogP) is 1.89. The highest BCUT2D eigenvalue weighted by Crippen LogP contribution is 2.36. The molecule has 0 bridgehead atoms. The first kappa shape index (κ1) is 22.3. The molecule has 0 fully saturated rings. The van der Waals surface area contributed by atoms with Gasteiger partial charge in [0.1, 0.15) is 0 Å². The summed E-state index contributed by atoms with van der Waals surface area (Å²) in [7, 11) is -13.4. The average Bonchev–Trinajstić information content (AvgIpc) is 2.83. The van der Waals surface area contributed by atoms with Gasteiger partial charge >= 0.3 is 17.0 Å². The number of hydrogen-bond acceptors (Lipinski definition) is 4. The number of sulfonamides is 2. The molecular formula is C9H10F6N3O4S2+. The molecule has 0 amide bonds. The van der Waals surface area contributed by atoms with Crippen molar-refractivity contribution in [3.05, 3.63) is 29.3 Å². The first-order valence-corrected chi connectivity index (χ1v) is 8.44. The van der Waals surface area contributed by atoms with Gasteiger partial charge in [-0.2, -0.15) is 26.3 Å². The maximum absolute atomic E-state index is 11.4. The SMILES string of the molecule is C=C[N+]1=C=[N+](CC)C=C1.O=S(=O)([N-]S(=O)(=O)C(F)(F)F)C(F)(F)F. The van der Waals surface area contributed by atoms with Crippen molar-refractivity contribution in [2.75, 3.05) is 6.54 Å². The van der Waals surface area contributed by atoms with Crippen molar-refractivity contribution in [1.82, 2.24) is 0 Å². The molecule has 0 unspecified atom stereocenters. The lowest BCUT2D eigenvalue weighted by Gasteiger charge is -2.22. The highest BCUT2D eigenvalue weighted by atomic mass is 32.3. The second-order valence-corrected chi connectivity index (χ2v) is 7.11. The molecule has 0 saturated carbocycles. The molecular weight excluding hydrogens is 392 g/mol. The third kappa shape index (κ3) is 6.07. The van der Waals surface area contributed by atoms with Gasteiger partial charge in [0.2, 0.25) is 6.20 Å². The van der Waals surface area contributed by atoms with E-state index in [1.807, 2.05) is 17.0 Å². The normalized spacial score (nSPS) is 15.3. The molecule has 24 heavy (non-hydrogen) atoms. The number of halogens is 6.